The molecule has 0 aliphatic heterocycles. The summed E-state index contributed by atoms with van der Waals surface area (Å²) in [5.74, 6) is 5.45. The Morgan fingerprint density at radius 2 is 2.26 bits per heavy atom. The molecule has 0 radical (unpaired) electrons. The summed E-state index contributed by atoms with van der Waals surface area (Å²) in [6.07, 6.45) is 1.74. The molecule has 0 saturated heterocycles. The molecule has 3 N–H and O–H groups in total. The largest absolute Gasteiger partial charge is 0.494 e. The summed E-state index contributed by atoms with van der Waals surface area (Å²) in [6, 6.07) is 8.98. The number of hydrogen-bond donors (Lipinski definition) is 2. The molecule has 5 heteroatoms. The highest BCUT2D eigenvalue weighted by Gasteiger charge is 2.13. The van der Waals surface area contributed by atoms with E-state index in [-0.39, 0.29) is 17.6 Å². The zero-order chi connectivity index (χ0) is 13.7. The number of rotatable bonds is 6. The van der Waals surface area contributed by atoms with Crippen LogP contribution >= 0.6 is 11.3 Å². The highest BCUT2D eigenvalue weighted by atomic mass is 32.1. The Labute approximate surface area is 116 Å². The van der Waals surface area contributed by atoms with Gasteiger partial charge in [0, 0.05) is 10.9 Å². The summed E-state index contributed by atoms with van der Waals surface area (Å²) < 4.78 is 18.6. The van der Waals surface area contributed by atoms with Crippen LogP contribution in [0.1, 0.15) is 22.9 Å². The lowest BCUT2D eigenvalue weighted by Gasteiger charge is -2.16. The molecule has 2 rings (SSSR count). The third kappa shape index (κ3) is 3.53. The van der Waals surface area contributed by atoms with Crippen LogP contribution < -0.4 is 16.0 Å². The monoisotopic (exact) mass is 280 g/mol. The first kappa shape index (κ1) is 14.0. The fourth-order valence-electron chi connectivity index (χ4n) is 1.99. The number of hydrazine groups is 1. The van der Waals surface area contributed by atoms with E-state index in [2.05, 4.69) is 11.5 Å². The Morgan fingerprint density at radius 3 is 2.84 bits per heavy atom. The van der Waals surface area contributed by atoms with Gasteiger partial charge in [0.15, 0.2) is 11.6 Å². The number of methoxy groups -OCH3 is 1. The van der Waals surface area contributed by atoms with Crippen LogP contribution in [0.25, 0.3) is 0 Å². The van der Waals surface area contributed by atoms with Crippen LogP contribution in [0.15, 0.2) is 35.7 Å². The zero-order valence-electron chi connectivity index (χ0n) is 10.7. The number of nitrogens with one attached hydrogen (secondary N) is 1. The van der Waals surface area contributed by atoms with Crippen molar-refractivity contribution >= 4 is 11.3 Å². The van der Waals surface area contributed by atoms with Gasteiger partial charge < -0.3 is 4.74 Å². The van der Waals surface area contributed by atoms with Crippen LogP contribution in [0.5, 0.6) is 5.75 Å². The van der Waals surface area contributed by atoms with Gasteiger partial charge in [0.1, 0.15) is 0 Å². The van der Waals surface area contributed by atoms with Crippen molar-refractivity contribution in [2.45, 2.75) is 18.9 Å². The molecule has 0 spiro atoms. The summed E-state index contributed by atoms with van der Waals surface area (Å²) in [5.41, 5.74) is 3.57. The fraction of sp³-hybridized carbons (Fsp3) is 0.286. The number of thiophene rings is 1. The second kappa shape index (κ2) is 6.65. The first-order valence-corrected chi connectivity index (χ1v) is 6.94. The van der Waals surface area contributed by atoms with E-state index >= 15 is 0 Å². The molecule has 0 aliphatic carbocycles. The van der Waals surface area contributed by atoms with E-state index in [0.717, 1.165) is 18.4 Å². The zero-order valence-corrected chi connectivity index (χ0v) is 11.5. The summed E-state index contributed by atoms with van der Waals surface area (Å²) in [5, 5.41) is 2.05. The van der Waals surface area contributed by atoms with E-state index in [4.69, 9.17) is 10.6 Å². The summed E-state index contributed by atoms with van der Waals surface area (Å²) in [6.45, 7) is 0. The van der Waals surface area contributed by atoms with E-state index in [1.807, 2.05) is 17.5 Å². The van der Waals surface area contributed by atoms with Crippen LogP contribution in [0.3, 0.4) is 0 Å². The standard InChI is InChI=1S/C14H17FN2OS/c1-18-14-7-4-10(9-12(14)15)13(17-16)6-5-11-3-2-8-19-11/h2-4,7-9,13,17H,5-6,16H2,1H3. The average Bonchev–Trinajstić information content (AvgIpc) is 2.93. The van der Waals surface area contributed by atoms with E-state index in [0.29, 0.717) is 0 Å². The SMILES string of the molecule is COc1ccc(C(CCc2cccs2)NN)cc1F. The van der Waals surface area contributed by atoms with Gasteiger partial charge in [-0.15, -0.1) is 11.3 Å². The van der Waals surface area contributed by atoms with Crippen molar-refractivity contribution in [3.63, 3.8) is 0 Å². The quantitative estimate of drug-likeness (QED) is 0.631. The first-order valence-electron chi connectivity index (χ1n) is 6.06. The van der Waals surface area contributed by atoms with E-state index < -0.39 is 0 Å². The van der Waals surface area contributed by atoms with Gasteiger partial charge in [0.05, 0.1) is 7.11 Å². The highest BCUT2D eigenvalue weighted by molar-refractivity contribution is 7.09. The third-order valence-corrected chi connectivity index (χ3v) is 3.98. The van der Waals surface area contributed by atoms with Crippen molar-refractivity contribution in [3.05, 3.63) is 52.0 Å². The van der Waals surface area contributed by atoms with Gasteiger partial charge in [-0.05, 0) is 42.0 Å². The molecular formula is C14H17FN2OS. The molecule has 0 amide bonds. The maximum Gasteiger partial charge on any atom is 0.165 e. The molecule has 1 aromatic carbocycles. The molecule has 0 fully saturated rings. The van der Waals surface area contributed by atoms with Crippen LogP contribution in [0.2, 0.25) is 0 Å². The Hall–Kier alpha value is -1.43. The summed E-state index contributed by atoms with van der Waals surface area (Å²) in [7, 11) is 1.45. The van der Waals surface area contributed by atoms with E-state index in [1.54, 1.807) is 17.4 Å². The molecule has 19 heavy (non-hydrogen) atoms. The topological polar surface area (TPSA) is 47.3 Å². The smallest absolute Gasteiger partial charge is 0.165 e. The van der Waals surface area contributed by atoms with E-state index in [1.165, 1.54) is 18.1 Å². The number of benzene rings is 1. The molecule has 1 heterocycles. The lowest BCUT2D eigenvalue weighted by molar-refractivity contribution is 0.385. The normalized spacial score (nSPS) is 12.4. The second-order valence-corrected chi connectivity index (χ2v) is 5.26. The lowest BCUT2D eigenvalue weighted by Crippen LogP contribution is -2.28. The molecule has 0 aliphatic rings. The van der Waals surface area contributed by atoms with Gasteiger partial charge in [-0.2, -0.15) is 0 Å². The maximum atomic E-state index is 13.7. The maximum absolute atomic E-state index is 13.7. The fourth-order valence-corrected chi connectivity index (χ4v) is 2.71. The molecule has 3 nitrogen and oxygen atoms in total. The number of halogens is 1. The molecule has 1 unspecified atom stereocenters. The number of hydrogen-bond acceptors (Lipinski definition) is 4. The molecule has 0 saturated carbocycles. The number of aryl methyl sites for hydroxylation is 1. The predicted molar refractivity (Wildman–Crippen MR) is 75.7 cm³/mol. The van der Waals surface area contributed by atoms with Gasteiger partial charge in [0.25, 0.3) is 0 Å². The highest BCUT2D eigenvalue weighted by Crippen LogP contribution is 2.25. The Bertz CT molecular complexity index is 516. The third-order valence-electron chi connectivity index (χ3n) is 3.04. The van der Waals surface area contributed by atoms with Crippen molar-refractivity contribution in [3.8, 4) is 5.75 Å². The number of ether oxygens (including phenoxy) is 1. The van der Waals surface area contributed by atoms with Crippen molar-refractivity contribution in [2.75, 3.05) is 7.11 Å². The number of nitrogens with two attached hydrogens (primary N) is 1. The van der Waals surface area contributed by atoms with Crippen molar-refractivity contribution < 1.29 is 9.13 Å². The van der Waals surface area contributed by atoms with Crippen molar-refractivity contribution in [2.24, 2.45) is 5.84 Å². The van der Waals surface area contributed by atoms with Gasteiger partial charge in [-0.3, -0.25) is 11.3 Å². The predicted octanol–water partition coefficient (Wildman–Crippen LogP) is 3.03. The molecule has 0 bridgehead atoms. The Morgan fingerprint density at radius 1 is 1.42 bits per heavy atom. The first-order chi connectivity index (χ1) is 9.24. The summed E-state index contributed by atoms with van der Waals surface area (Å²) in [4.78, 5) is 1.30. The van der Waals surface area contributed by atoms with E-state index in [9.17, 15) is 4.39 Å². The molecule has 1 aromatic heterocycles. The van der Waals surface area contributed by atoms with Gasteiger partial charge in [0.2, 0.25) is 0 Å². The Kier molecular flexibility index (Phi) is 4.90. The minimum atomic E-state index is -0.364. The minimum Gasteiger partial charge on any atom is -0.494 e. The van der Waals surface area contributed by atoms with Crippen molar-refractivity contribution in [1.29, 1.82) is 0 Å². The molecule has 102 valence electrons. The van der Waals surface area contributed by atoms with Gasteiger partial charge in [-0.1, -0.05) is 12.1 Å². The van der Waals surface area contributed by atoms with Gasteiger partial charge >= 0.3 is 0 Å². The lowest BCUT2D eigenvalue weighted by atomic mass is 10.0. The van der Waals surface area contributed by atoms with Crippen LogP contribution in [-0.2, 0) is 6.42 Å². The average molecular weight is 280 g/mol. The van der Waals surface area contributed by atoms with Crippen molar-refractivity contribution in [1.82, 2.24) is 5.43 Å². The second-order valence-electron chi connectivity index (χ2n) is 4.23. The van der Waals surface area contributed by atoms with Crippen LogP contribution in [-0.4, -0.2) is 7.11 Å². The Balaban J connectivity index is 2.06. The minimum absolute atomic E-state index is 0.0671. The van der Waals surface area contributed by atoms with Gasteiger partial charge in [-0.25, -0.2) is 4.39 Å². The summed E-state index contributed by atoms with van der Waals surface area (Å²) >= 11 is 1.72. The molecule has 2 aromatic rings. The van der Waals surface area contributed by atoms with Crippen LogP contribution in [0, 0.1) is 5.82 Å². The molecule has 1 atom stereocenters. The molecular weight excluding hydrogens is 263 g/mol. The van der Waals surface area contributed by atoms with Crippen LogP contribution in [0.4, 0.5) is 4.39 Å².